The molecular weight excluding hydrogens is 269 g/mol. The van der Waals surface area contributed by atoms with Gasteiger partial charge in [-0.2, -0.15) is 13.2 Å². The van der Waals surface area contributed by atoms with E-state index in [1.165, 1.54) is 7.05 Å². The lowest BCUT2D eigenvalue weighted by molar-refractivity contribution is -0.137. The van der Waals surface area contributed by atoms with Crippen LogP contribution in [0, 0.1) is 12.3 Å². The molecule has 20 heavy (non-hydrogen) atoms. The molecule has 6 heteroatoms. The predicted octanol–water partition coefficient (Wildman–Crippen LogP) is 2.89. The predicted molar refractivity (Wildman–Crippen MR) is 71.4 cm³/mol. The van der Waals surface area contributed by atoms with Gasteiger partial charge in [0.1, 0.15) is 0 Å². The van der Waals surface area contributed by atoms with Crippen LogP contribution >= 0.6 is 0 Å². The van der Waals surface area contributed by atoms with Crippen LogP contribution in [-0.4, -0.2) is 18.5 Å². The lowest BCUT2D eigenvalue weighted by atomic mass is 10.0. The molecule has 0 heterocycles. The van der Waals surface area contributed by atoms with E-state index in [0.29, 0.717) is 0 Å². The van der Waals surface area contributed by atoms with Crippen LogP contribution in [0.5, 0.6) is 0 Å². The summed E-state index contributed by atoms with van der Waals surface area (Å²) in [5.41, 5.74) is -1.52. The van der Waals surface area contributed by atoms with Crippen molar-refractivity contribution in [2.75, 3.05) is 12.4 Å². The van der Waals surface area contributed by atoms with Crippen LogP contribution in [0.25, 0.3) is 0 Å². The van der Waals surface area contributed by atoms with Crippen molar-refractivity contribution < 1.29 is 18.0 Å². The maximum Gasteiger partial charge on any atom is 0.416 e. The molecule has 3 nitrogen and oxygen atoms in total. The van der Waals surface area contributed by atoms with Gasteiger partial charge in [0.15, 0.2) is 0 Å². The largest absolute Gasteiger partial charge is 0.416 e. The number of hydrogen-bond acceptors (Lipinski definition) is 2. The standard InChI is InChI=1S/C14H15F3N2O/c1-5-13(2,3)19-12(20)10-7-6-9(14(15,16)17)8-11(10)18-4/h1,6-8,18H,2-4H3,(H,19,20). The number of anilines is 1. The van der Waals surface area contributed by atoms with Crippen LogP contribution in [0.2, 0.25) is 0 Å². The summed E-state index contributed by atoms with van der Waals surface area (Å²) >= 11 is 0. The molecule has 0 bridgehead atoms. The van der Waals surface area contributed by atoms with E-state index in [9.17, 15) is 18.0 Å². The zero-order chi connectivity index (χ0) is 15.6. The minimum absolute atomic E-state index is 0.0881. The molecule has 0 aromatic heterocycles. The number of amides is 1. The van der Waals surface area contributed by atoms with Gasteiger partial charge in [0.25, 0.3) is 5.91 Å². The number of halogens is 3. The summed E-state index contributed by atoms with van der Waals surface area (Å²) in [4.78, 5) is 12.0. The Balaban J connectivity index is 3.15. The van der Waals surface area contributed by atoms with E-state index >= 15 is 0 Å². The summed E-state index contributed by atoms with van der Waals surface area (Å²) in [6.07, 6.45) is 0.796. The van der Waals surface area contributed by atoms with Crippen molar-refractivity contribution in [3.05, 3.63) is 29.3 Å². The Morgan fingerprint density at radius 3 is 2.35 bits per heavy atom. The molecule has 108 valence electrons. The average Bonchev–Trinajstić information content (AvgIpc) is 2.36. The number of carbonyl (C=O) groups is 1. The number of rotatable bonds is 3. The summed E-state index contributed by atoms with van der Waals surface area (Å²) < 4.78 is 37.8. The van der Waals surface area contributed by atoms with E-state index in [1.807, 2.05) is 0 Å². The first-order chi connectivity index (χ1) is 9.10. The molecule has 0 aliphatic rings. The van der Waals surface area contributed by atoms with E-state index < -0.39 is 23.2 Å². The van der Waals surface area contributed by atoms with Crippen LogP contribution in [-0.2, 0) is 6.18 Å². The monoisotopic (exact) mass is 284 g/mol. The third-order valence-corrected chi connectivity index (χ3v) is 2.65. The fourth-order valence-corrected chi connectivity index (χ4v) is 1.51. The molecule has 0 aliphatic heterocycles. The van der Waals surface area contributed by atoms with Gasteiger partial charge in [-0.25, -0.2) is 0 Å². The van der Waals surface area contributed by atoms with Gasteiger partial charge < -0.3 is 10.6 Å². The SMILES string of the molecule is C#CC(C)(C)NC(=O)c1ccc(C(F)(F)F)cc1NC. The minimum Gasteiger partial charge on any atom is -0.387 e. The van der Waals surface area contributed by atoms with E-state index in [2.05, 4.69) is 16.6 Å². The third-order valence-electron chi connectivity index (χ3n) is 2.65. The molecule has 1 aromatic carbocycles. The zero-order valence-electron chi connectivity index (χ0n) is 11.4. The Hall–Kier alpha value is -2.16. The van der Waals surface area contributed by atoms with Crippen LogP contribution in [0.4, 0.5) is 18.9 Å². The fraction of sp³-hybridized carbons (Fsp3) is 0.357. The number of benzene rings is 1. The number of alkyl halides is 3. The van der Waals surface area contributed by atoms with Crippen molar-refractivity contribution in [1.29, 1.82) is 0 Å². The first kappa shape index (κ1) is 15.9. The first-order valence-electron chi connectivity index (χ1n) is 5.80. The Morgan fingerprint density at radius 1 is 1.30 bits per heavy atom. The lowest BCUT2D eigenvalue weighted by Gasteiger charge is -2.21. The van der Waals surface area contributed by atoms with E-state index in [0.717, 1.165) is 18.2 Å². The van der Waals surface area contributed by atoms with Crippen molar-refractivity contribution in [2.24, 2.45) is 0 Å². The topological polar surface area (TPSA) is 41.1 Å². The summed E-state index contributed by atoms with van der Waals surface area (Å²) in [7, 11) is 1.44. The van der Waals surface area contributed by atoms with Crippen molar-refractivity contribution in [3.63, 3.8) is 0 Å². The Bertz CT molecular complexity index is 557. The van der Waals surface area contributed by atoms with Crippen LogP contribution in [0.1, 0.15) is 29.8 Å². The molecule has 1 aromatic rings. The molecule has 0 saturated heterocycles. The second kappa shape index (κ2) is 5.45. The highest BCUT2D eigenvalue weighted by Crippen LogP contribution is 2.32. The quantitative estimate of drug-likeness (QED) is 0.838. The fourth-order valence-electron chi connectivity index (χ4n) is 1.51. The Kier molecular flexibility index (Phi) is 4.33. The maximum atomic E-state index is 12.6. The van der Waals surface area contributed by atoms with Crippen molar-refractivity contribution >= 4 is 11.6 Å². The maximum absolute atomic E-state index is 12.6. The molecule has 0 atom stereocenters. The summed E-state index contributed by atoms with van der Waals surface area (Å²) in [5, 5.41) is 5.14. The van der Waals surface area contributed by atoms with Gasteiger partial charge in [0.05, 0.1) is 16.7 Å². The second-order valence-corrected chi connectivity index (χ2v) is 4.73. The van der Waals surface area contributed by atoms with Crippen molar-refractivity contribution in [1.82, 2.24) is 5.32 Å². The highest BCUT2D eigenvalue weighted by molar-refractivity contribution is 6.00. The molecule has 0 radical (unpaired) electrons. The second-order valence-electron chi connectivity index (χ2n) is 4.73. The highest BCUT2D eigenvalue weighted by atomic mass is 19.4. The molecule has 0 fully saturated rings. The first-order valence-corrected chi connectivity index (χ1v) is 5.80. The minimum atomic E-state index is -4.46. The van der Waals surface area contributed by atoms with Gasteiger partial charge in [-0.1, -0.05) is 5.92 Å². The smallest absolute Gasteiger partial charge is 0.387 e. The van der Waals surface area contributed by atoms with Crippen LogP contribution < -0.4 is 10.6 Å². The lowest BCUT2D eigenvalue weighted by Crippen LogP contribution is -2.42. The van der Waals surface area contributed by atoms with E-state index in [1.54, 1.807) is 13.8 Å². The van der Waals surface area contributed by atoms with Crippen molar-refractivity contribution in [3.8, 4) is 12.3 Å². The van der Waals surface area contributed by atoms with Gasteiger partial charge in [-0.3, -0.25) is 4.79 Å². The van der Waals surface area contributed by atoms with E-state index in [4.69, 9.17) is 6.42 Å². The zero-order valence-corrected chi connectivity index (χ0v) is 11.4. The molecule has 0 unspecified atom stereocenters. The van der Waals surface area contributed by atoms with Gasteiger partial charge >= 0.3 is 6.18 Å². The van der Waals surface area contributed by atoms with Crippen LogP contribution in [0.3, 0.4) is 0 Å². The molecule has 0 aliphatic carbocycles. The molecule has 1 rings (SSSR count). The van der Waals surface area contributed by atoms with Gasteiger partial charge in [-0.05, 0) is 32.0 Å². The van der Waals surface area contributed by atoms with E-state index in [-0.39, 0.29) is 11.3 Å². The van der Waals surface area contributed by atoms with Gasteiger partial charge in [0.2, 0.25) is 0 Å². The normalized spacial score (nSPS) is 11.7. The van der Waals surface area contributed by atoms with Gasteiger partial charge in [0, 0.05) is 12.7 Å². The Morgan fingerprint density at radius 2 is 1.90 bits per heavy atom. The summed E-state index contributed by atoms with van der Waals surface area (Å²) in [5.74, 6) is 1.85. The number of nitrogens with one attached hydrogen (secondary N) is 2. The molecular formula is C14H15F3N2O. The van der Waals surface area contributed by atoms with Gasteiger partial charge in [-0.15, -0.1) is 6.42 Å². The van der Waals surface area contributed by atoms with Crippen molar-refractivity contribution in [2.45, 2.75) is 25.6 Å². The number of terminal acetylenes is 1. The van der Waals surface area contributed by atoms with Crippen LogP contribution in [0.15, 0.2) is 18.2 Å². The Labute approximate surface area is 115 Å². The average molecular weight is 284 g/mol. The summed E-state index contributed by atoms with van der Waals surface area (Å²) in [6.45, 7) is 3.24. The third kappa shape index (κ3) is 3.67. The molecule has 0 saturated carbocycles. The molecule has 2 N–H and O–H groups in total. The molecule has 0 spiro atoms. The highest BCUT2D eigenvalue weighted by Gasteiger charge is 2.31. The molecule has 1 amide bonds. The summed E-state index contributed by atoms with van der Waals surface area (Å²) in [6, 6.07) is 2.87. The number of carbonyl (C=O) groups excluding carboxylic acids is 1. The number of hydrogen-bond donors (Lipinski definition) is 2.